The topological polar surface area (TPSA) is 32.3 Å². The van der Waals surface area contributed by atoms with Crippen LogP contribution in [0.25, 0.3) is 0 Å². The third-order valence-electron chi connectivity index (χ3n) is 3.82. The summed E-state index contributed by atoms with van der Waals surface area (Å²) >= 11 is 17.5. The first-order valence-electron chi connectivity index (χ1n) is 8.13. The number of rotatable bonds is 9. The minimum Gasteiger partial charge on any atom is -0.369 e. The number of anilines is 1. The SMILES string of the molecule is O=C(NCCc1ccc(Cl)cc1)c1ccc(N(CCCl)CCCl)cc1. The Morgan fingerprint density at radius 1 is 0.920 bits per heavy atom. The van der Waals surface area contributed by atoms with E-state index in [1.165, 1.54) is 0 Å². The lowest BCUT2D eigenvalue weighted by Crippen LogP contribution is -2.28. The largest absolute Gasteiger partial charge is 0.369 e. The molecule has 0 aliphatic heterocycles. The van der Waals surface area contributed by atoms with Crippen molar-refractivity contribution in [3.8, 4) is 0 Å². The van der Waals surface area contributed by atoms with E-state index in [-0.39, 0.29) is 5.91 Å². The Morgan fingerprint density at radius 2 is 1.52 bits per heavy atom. The fraction of sp³-hybridized carbons (Fsp3) is 0.316. The average Bonchev–Trinajstić information content (AvgIpc) is 2.63. The molecular formula is C19H21Cl3N2O. The van der Waals surface area contributed by atoms with Gasteiger partial charge in [-0.2, -0.15) is 0 Å². The Balaban J connectivity index is 1.87. The van der Waals surface area contributed by atoms with Crippen molar-refractivity contribution < 1.29 is 4.79 Å². The number of amides is 1. The van der Waals surface area contributed by atoms with E-state index >= 15 is 0 Å². The molecule has 0 saturated heterocycles. The lowest BCUT2D eigenvalue weighted by atomic mass is 10.1. The molecule has 0 aromatic heterocycles. The Bertz CT molecular complexity index is 653. The van der Waals surface area contributed by atoms with Gasteiger partial charge in [-0.25, -0.2) is 0 Å². The van der Waals surface area contributed by atoms with Gasteiger partial charge in [0.2, 0.25) is 0 Å². The summed E-state index contributed by atoms with van der Waals surface area (Å²) in [6.45, 7) is 2.02. The molecule has 1 N–H and O–H groups in total. The third-order valence-corrected chi connectivity index (χ3v) is 4.41. The summed E-state index contributed by atoms with van der Waals surface area (Å²) in [6.07, 6.45) is 0.764. The summed E-state index contributed by atoms with van der Waals surface area (Å²) in [7, 11) is 0. The van der Waals surface area contributed by atoms with Crippen molar-refractivity contribution >= 4 is 46.4 Å². The van der Waals surface area contributed by atoms with Crippen molar-refractivity contribution in [2.45, 2.75) is 6.42 Å². The smallest absolute Gasteiger partial charge is 0.251 e. The summed E-state index contributed by atoms with van der Waals surface area (Å²) < 4.78 is 0. The number of alkyl halides is 2. The van der Waals surface area contributed by atoms with Crippen molar-refractivity contribution in [2.75, 3.05) is 36.3 Å². The fourth-order valence-corrected chi connectivity index (χ4v) is 3.01. The van der Waals surface area contributed by atoms with E-state index in [1.54, 1.807) is 0 Å². The van der Waals surface area contributed by atoms with Gasteiger partial charge in [-0.05, 0) is 48.4 Å². The summed E-state index contributed by atoms with van der Waals surface area (Å²) in [5.74, 6) is 0.981. The van der Waals surface area contributed by atoms with Crippen molar-refractivity contribution in [2.24, 2.45) is 0 Å². The highest BCUT2D eigenvalue weighted by molar-refractivity contribution is 6.30. The minimum atomic E-state index is -0.0817. The van der Waals surface area contributed by atoms with E-state index < -0.39 is 0 Å². The second-order valence-corrected chi connectivity index (χ2v) is 6.74. The van der Waals surface area contributed by atoms with Gasteiger partial charge >= 0.3 is 0 Å². The van der Waals surface area contributed by atoms with Gasteiger partial charge in [0, 0.05) is 47.7 Å². The fourth-order valence-electron chi connectivity index (χ4n) is 2.47. The van der Waals surface area contributed by atoms with E-state index in [0.717, 1.165) is 30.8 Å². The van der Waals surface area contributed by atoms with E-state index in [2.05, 4.69) is 10.2 Å². The molecule has 3 nitrogen and oxygen atoms in total. The van der Waals surface area contributed by atoms with Crippen LogP contribution in [0.5, 0.6) is 0 Å². The second-order valence-electron chi connectivity index (χ2n) is 5.54. The maximum atomic E-state index is 12.2. The van der Waals surface area contributed by atoms with E-state index in [4.69, 9.17) is 34.8 Å². The molecule has 0 heterocycles. The monoisotopic (exact) mass is 398 g/mol. The average molecular weight is 400 g/mol. The Hall–Kier alpha value is -1.42. The standard InChI is InChI=1S/C19H21Cl3N2O/c20-10-13-24(14-11-21)18-7-3-16(4-8-18)19(25)23-12-9-15-1-5-17(22)6-2-15/h1-8H,9-14H2,(H,23,25). The molecule has 0 radical (unpaired) electrons. The molecule has 25 heavy (non-hydrogen) atoms. The molecule has 0 bridgehead atoms. The number of nitrogens with one attached hydrogen (secondary N) is 1. The summed E-state index contributed by atoms with van der Waals surface area (Å²) in [6, 6.07) is 15.1. The highest BCUT2D eigenvalue weighted by atomic mass is 35.5. The van der Waals surface area contributed by atoms with Gasteiger partial charge < -0.3 is 10.2 Å². The Labute approximate surface area is 163 Å². The van der Waals surface area contributed by atoms with Crippen LogP contribution in [0.1, 0.15) is 15.9 Å². The number of benzene rings is 2. The lowest BCUT2D eigenvalue weighted by Gasteiger charge is -2.22. The highest BCUT2D eigenvalue weighted by Crippen LogP contribution is 2.16. The maximum Gasteiger partial charge on any atom is 0.251 e. The predicted octanol–water partition coefficient (Wildman–Crippen LogP) is 4.60. The van der Waals surface area contributed by atoms with Gasteiger partial charge in [0.05, 0.1) is 0 Å². The van der Waals surface area contributed by atoms with Crippen LogP contribution >= 0.6 is 34.8 Å². The van der Waals surface area contributed by atoms with Gasteiger partial charge in [0.1, 0.15) is 0 Å². The number of carbonyl (C=O) groups excluding carboxylic acids is 1. The number of halogens is 3. The molecule has 0 aliphatic rings. The molecule has 0 fully saturated rings. The third kappa shape index (κ3) is 6.43. The predicted molar refractivity (Wildman–Crippen MR) is 108 cm³/mol. The van der Waals surface area contributed by atoms with Crippen molar-refractivity contribution in [1.82, 2.24) is 5.32 Å². The first-order chi connectivity index (χ1) is 12.1. The molecule has 0 saturated carbocycles. The molecular weight excluding hydrogens is 379 g/mol. The molecule has 2 rings (SSSR count). The van der Waals surface area contributed by atoms with Crippen LogP contribution < -0.4 is 10.2 Å². The first-order valence-corrected chi connectivity index (χ1v) is 9.58. The summed E-state index contributed by atoms with van der Waals surface area (Å²) in [5, 5.41) is 3.65. The Kier molecular flexibility index (Phi) is 8.39. The van der Waals surface area contributed by atoms with Gasteiger partial charge in [-0.15, -0.1) is 23.2 Å². The van der Waals surface area contributed by atoms with Crippen molar-refractivity contribution in [3.63, 3.8) is 0 Å². The first kappa shape index (κ1) is 19.9. The minimum absolute atomic E-state index is 0.0817. The van der Waals surface area contributed by atoms with Gasteiger partial charge in [0.25, 0.3) is 5.91 Å². The number of nitrogens with zero attached hydrogens (tertiary/aromatic N) is 1. The van der Waals surface area contributed by atoms with Crippen LogP contribution in [0.2, 0.25) is 5.02 Å². The number of hydrogen-bond acceptors (Lipinski definition) is 2. The van der Waals surface area contributed by atoms with E-state index in [1.807, 2.05) is 48.5 Å². The molecule has 0 atom stereocenters. The maximum absolute atomic E-state index is 12.2. The van der Waals surface area contributed by atoms with Crippen LogP contribution in [0, 0.1) is 0 Å². The number of hydrogen-bond donors (Lipinski definition) is 1. The molecule has 0 aliphatic carbocycles. The zero-order chi connectivity index (χ0) is 18.1. The van der Waals surface area contributed by atoms with Crippen LogP contribution in [-0.2, 0) is 6.42 Å². The lowest BCUT2D eigenvalue weighted by molar-refractivity contribution is 0.0954. The van der Waals surface area contributed by atoms with Gasteiger partial charge in [-0.3, -0.25) is 4.79 Å². The molecule has 1 amide bonds. The highest BCUT2D eigenvalue weighted by Gasteiger charge is 2.08. The zero-order valence-corrected chi connectivity index (χ0v) is 16.1. The van der Waals surface area contributed by atoms with Crippen LogP contribution in [0.4, 0.5) is 5.69 Å². The molecule has 6 heteroatoms. The molecule has 0 unspecified atom stereocenters. The van der Waals surface area contributed by atoms with E-state index in [9.17, 15) is 4.79 Å². The summed E-state index contributed by atoms with van der Waals surface area (Å²) in [5.41, 5.74) is 2.79. The van der Waals surface area contributed by atoms with Crippen molar-refractivity contribution in [1.29, 1.82) is 0 Å². The van der Waals surface area contributed by atoms with Crippen LogP contribution in [-0.4, -0.2) is 37.3 Å². The number of carbonyl (C=O) groups is 1. The zero-order valence-electron chi connectivity index (χ0n) is 13.9. The van der Waals surface area contributed by atoms with Crippen LogP contribution in [0.3, 0.4) is 0 Å². The molecule has 2 aromatic rings. The molecule has 134 valence electrons. The quantitative estimate of drug-likeness (QED) is 0.625. The van der Waals surface area contributed by atoms with E-state index in [0.29, 0.717) is 28.9 Å². The van der Waals surface area contributed by atoms with Gasteiger partial charge in [-0.1, -0.05) is 23.7 Å². The van der Waals surface area contributed by atoms with Crippen molar-refractivity contribution in [3.05, 3.63) is 64.7 Å². The molecule has 0 spiro atoms. The van der Waals surface area contributed by atoms with Gasteiger partial charge in [0.15, 0.2) is 0 Å². The molecule has 2 aromatic carbocycles. The normalized spacial score (nSPS) is 10.5. The van der Waals surface area contributed by atoms with Crippen LogP contribution in [0.15, 0.2) is 48.5 Å². The Morgan fingerprint density at radius 3 is 2.08 bits per heavy atom. The second kappa shape index (κ2) is 10.5. The summed E-state index contributed by atoms with van der Waals surface area (Å²) in [4.78, 5) is 14.3.